The largest absolute Gasteiger partial charge is 0.492 e. The van der Waals surface area contributed by atoms with Crippen LogP contribution < -0.4 is 10.5 Å². The molecule has 0 spiro atoms. The van der Waals surface area contributed by atoms with Crippen molar-refractivity contribution in [3.8, 4) is 5.75 Å². The topological polar surface area (TPSA) is 55.6 Å². The number of rotatable bonds is 5. The van der Waals surface area contributed by atoms with Gasteiger partial charge in [-0.1, -0.05) is 30.4 Å². The third-order valence-electron chi connectivity index (χ3n) is 3.25. The molecule has 1 aliphatic rings. The fourth-order valence-corrected chi connectivity index (χ4v) is 2.12. The van der Waals surface area contributed by atoms with Crippen LogP contribution in [0.2, 0.25) is 0 Å². The number of para-hydroxylation sites is 1. The van der Waals surface area contributed by atoms with Gasteiger partial charge < -0.3 is 15.4 Å². The Balaban J connectivity index is 1.74. The van der Waals surface area contributed by atoms with Crippen LogP contribution in [0.1, 0.15) is 6.42 Å². The molecule has 2 N–H and O–H groups in total. The standard InChI is InChI=1S/C15H20N2O2/c1-17(15(18)12-7-8-13(16)11-12)9-10-19-14-5-3-2-4-6-14/h2-8,12-13H,9-11,16H2,1H3. The van der Waals surface area contributed by atoms with E-state index in [1.165, 1.54) is 0 Å². The first-order chi connectivity index (χ1) is 9.16. The first kappa shape index (κ1) is 13.6. The normalized spacial score (nSPS) is 21.4. The molecular formula is C15H20N2O2. The molecule has 0 aliphatic heterocycles. The van der Waals surface area contributed by atoms with E-state index in [9.17, 15) is 4.79 Å². The number of benzene rings is 1. The molecule has 1 aliphatic carbocycles. The number of carbonyl (C=O) groups is 1. The fraction of sp³-hybridized carbons (Fsp3) is 0.400. The van der Waals surface area contributed by atoms with E-state index in [1.807, 2.05) is 42.5 Å². The summed E-state index contributed by atoms with van der Waals surface area (Å²) in [6, 6.07) is 9.62. The number of carbonyl (C=O) groups excluding carboxylic acids is 1. The van der Waals surface area contributed by atoms with E-state index in [0.29, 0.717) is 19.6 Å². The maximum atomic E-state index is 12.1. The molecule has 4 heteroatoms. The summed E-state index contributed by atoms with van der Waals surface area (Å²) in [4.78, 5) is 13.8. The number of likely N-dealkylation sites (N-methyl/N-ethyl adjacent to an activating group) is 1. The third kappa shape index (κ3) is 3.83. The molecule has 0 heterocycles. The molecule has 0 bridgehead atoms. The van der Waals surface area contributed by atoms with Crippen molar-refractivity contribution in [1.29, 1.82) is 0 Å². The lowest BCUT2D eigenvalue weighted by Crippen LogP contribution is -2.35. The maximum absolute atomic E-state index is 12.1. The molecule has 1 aromatic rings. The molecule has 1 amide bonds. The monoisotopic (exact) mass is 260 g/mol. The van der Waals surface area contributed by atoms with Crippen LogP contribution in [0.4, 0.5) is 0 Å². The zero-order chi connectivity index (χ0) is 13.7. The van der Waals surface area contributed by atoms with Crippen LogP contribution in [0.3, 0.4) is 0 Å². The molecular weight excluding hydrogens is 240 g/mol. The summed E-state index contributed by atoms with van der Waals surface area (Å²) in [7, 11) is 1.80. The van der Waals surface area contributed by atoms with Crippen molar-refractivity contribution in [2.45, 2.75) is 12.5 Å². The van der Waals surface area contributed by atoms with Gasteiger partial charge >= 0.3 is 0 Å². The molecule has 19 heavy (non-hydrogen) atoms. The first-order valence-corrected chi connectivity index (χ1v) is 6.53. The van der Waals surface area contributed by atoms with Gasteiger partial charge in [0, 0.05) is 13.1 Å². The molecule has 2 rings (SSSR count). The van der Waals surface area contributed by atoms with Crippen molar-refractivity contribution in [1.82, 2.24) is 4.90 Å². The Labute approximate surface area is 113 Å². The second kappa shape index (κ2) is 6.38. The van der Waals surface area contributed by atoms with Crippen LogP contribution in [-0.4, -0.2) is 37.0 Å². The molecule has 102 valence electrons. The molecule has 4 nitrogen and oxygen atoms in total. The Bertz CT molecular complexity index is 445. The predicted molar refractivity (Wildman–Crippen MR) is 74.8 cm³/mol. The first-order valence-electron chi connectivity index (χ1n) is 6.53. The van der Waals surface area contributed by atoms with Gasteiger partial charge in [0.05, 0.1) is 12.5 Å². The van der Waals surface area contributed by atoms with Gasteiger partial charge in [-0.3, -0.25) is 4.79 Å². The zero-order valence-electron chi connectivity index (χ0n) is 11.2. The Hall–Kier alpha value is -1.81. The summed E-state index contributed by atoms with van der Waals surface area (Å²) in [5.74, 6) is 0.865. The van der Waals surface area contributed by atoms with Gasteiger partial charge in [-0.2, -0.15) is 0 Å². The number of nitrogens with zero attached hydrogens (tertiary/aromatic N) is 1. The Morgan fingerprint density at radius 3 is 2.74 bits per heavy atom. The van der Waals surface area contributed by atoms with E-state index in [4.69, 9.17) is 10.5 Å². The number of hydrogen-bond donors (Lipinski definition) is 1. The van der Waals surface area contributed by atoms with Crippen molar-refractivity contribution in [2.75, 3.05) is 20.2 Å². The Kier molecular flexibility index (Phi) is 4.58. The quantitative estimate of drug-likeness (QED) is 0.815. The van der Waals surface area contributed by atoms with E-state index in [-0.39, 0.29) is 17.9 Å². The summed E-state index contributed by atoms with van der Waals surface area (Å²) >= 11 is 0. The van der Waals surface area contributed by atoms with Crippen molar-refractivity contribution < 1.29 is 9.53 Å². The van der Waals surface area contributed by atoms with Gasteiger partial charge in [-0.05, 0) is 18.6 Å². The van der Waals surface area contributed by atoms with Crippen LogP contribution in [0.25, 0.3) is 0 Å². The van der Waals surface area contributed by atoms with Crippen molar-refractivity contribution in [3.63, 3.8) is 0 Å². The fourth-order valence-electron chi connectivity index (χ4n) is 2.12. The van der Waals surface area contributed by atoms with Crippen molar-refractivity contribution in [3.05, 3.63) is 42.5 Å². The highest BCUT2D eigenvalue weighted by Crippen LogP contribution is 2.18. The van der Waals surface area contributed by atoms with Crippen LogP contribution in [-0.2, 0) is 4.79 Å². The maximum Gasteiger partial charge on any atom is 0.229 e. The summed E-state index contributed by atoms with van der Waals surface area (Å²) in [5, 5.41) is 0. The summed E-state index contributed by atoms with van der Waals surface area (Å²) in [6.45, 7) is 1.07. The number of hydrogen-bond acceptors (Lipinski definition) is 3. The lowest BCUT2D eigenvalue weighted by atomic mass is 10.1. The highest BCUT2D eigenvalue weighted by molar-refractivity contribution is 5.81. The predicted octanol–water partition coefficient (Wildman–Crippen LogP) is 1.43. The molecule has 0 radical (unpaired) electrons. The van der Waals surface area contributed by atoms with E-state index in [0.717, 1.165) is 5.75 Å². The van der Waals surface area contributed by atoms with Crippen LogP contribution >= 0.6 is 0 Å². The molecule has 0 aromatic heterocycles. The minimum absolute atomic E-state index is 0.0166. The lowest BCUT2D eigenvalue weighted by Gasteiger charge is -2.20. The summed E-state index contributed by atoms with van der Waals surface area (Å²) in [5.41, 5.74) is 5.76. The van der Waals surface area contributed by atoms with Crippen molar-refractivity contribution >= 4 is 5.91 Å². The second-order valence-electron chi connectivity index (χ2n) is 4.81. The number of ether oxygens (including phenoxy) is 1. The minimum atomic E-state index is -0.0725. The number of nitrogens with two attached hydrogens (primary N) is 1. The van der Waals surface area contributed by atoms with Crippen molar-refractivity contribution in [2.24, 2.45) is 11.7 Å². The average molecular weight is 260 g/mol. The molecule has 0 fully saturated rings. The SMILES string of the molecule is CN(CCOc1ccccc1)C(=O)C1C=CC(N)C1. The molecule has 2 atom stereocenters. The highest BCUT2D eigenvalue weighted by atomic mass is 16.5. The van der Waals surface area contributed by atoms with Crippen LogP contribution in [0.15, 0.2) is 42.5 Å². The zero-order valence-corrected chi connectivity index (χ0v) is 11.2. The van der Waals surface area contributed by atoms with E-state index in [2.05, 4.69) is 0 Å². The molecule has 2 unspecified atom stereocenters. The Morgan fingerprint density at radius 1 is 1.37 bits per heavy atom. The second-order valence-corrected chi connectivity index (χ2v) is 4.81. The van der Waals surface area contributed by atoms with Gasteiger partial charge in [-0.25, -0.2) is 0 Å². The van der Waals surface area contributed by atoms with E-state index >= 15 is 0 Å². The minimum Gasteiger partial charge on any atom is -0.492 e. The van der Waals surface area contributed by atoms with Gasteiger partial charge in [0.1, 0.15) is 12.4 Å². The van der Waals surface area contributed by atoms with Crippen LogP contribution in [0, 0.1) is 5.92 Å². The molecule has 0 saturated heterocycles. The van der Waals surface area contributed by atoms with E-state index in [1.54, 1.807) is 11.9 Å². The average Bonchev–Trinajstić information content (AvgIpc) is 2.85. The lowest BCUT2D eigenvalue weighted by molar-refractivity contribution is -0.133. The van der Waals surface area contributed by atoms with Gasteiger partial charge in [0.15, 0.2) is 0 Å². The smallest absolute Gasteiger partial charge is 0.229 e. The highest BCUT2D eigenvalue weighted by Gasteiger charge is 2.25. The Morgan fingerprint density at radius 2 is 2.11 bits per heavy atom. The molecule has 0 saturated carbocycles. The summed E-state index contributed by atoms with van der Waals surface area (Å²) in [6.07, 6.45) is 4.52. The van der Waals surface area contributed by atoms with Gasteiger partial charge in [-0.15, -0.1) is 0 Å². The molecule has 1 aromatic carbocycles. The van der Waals surface area contributed by atoms with E-state index < -0.39 is 0 Å². The summed E-state index contributed by atoms with van der Waals surface area (Å²) < 4.78 is 5.57. The third-order valence-corrected chi connectivity index (χ3v) is 3.25. The van der Waals surface area contributed by atoms with Crippen LogP contribution in [0.5, 0.6) is 5.75 Å². The van der Waals surface area contributed by atoms with Gasteiger partial charge in [0.25, 0.3) is 0 Å². The van der Waals surface area contributed by atoms with Gasteiger partial charge in [0.2, 0.25) is 5.91 Å². The number of amides is 1.